The molecule has 0 heterocycles. The number of phosphoric ester groups is 1. The second-order valence-electron chi connectivity index (χ2n) is 12.9. The van der Waals surface area contributed by atoms with E-state index in [2.05, 4.69) is 43.5 Å². The van der Waals surface area contributed by atoms with Crippen molar-refractivity contribution in [1.82, 2.24) is 5.32 Å². The Morgan fingerprint density at radius 1 is 0.646 bits per heavy atom. The largest absolute Gasteiger partial charge is 0.472 e. The summed E-state index contributed by atoms with van der Waals surface area (Å²) in [5.41, 5.74) is 0. The van der Waals surface area contributed by atoms with E-state index in [4.69, 9.17) is 13.8 Å². The Hall–Kier alpha value is -1.51. The number of phosphoric acid groups is 1. The number of carbonyl (C=O) groups excluding carboxylic acids is 2. The Morgan fingerprint density at radius 2 is 1.12 bits per heavy atom. The second-order valence-corrected chi connectivity index (χ2v) is 14.4. The van der Waals surface area contributed by atoms with Crippen molar-refractivity contribution in [2.45, 2.75) is 180 Å². The first-order valence-corrected chi connectivity index (χ1v) is 20.8. The SMILES string of the molecule is CCCCC/C=C\C/C=C\CCCCCCCCCC(=O)OCC(O)COP(=O)(O)OCCNC(=O)CCCCCCCCCCCC. The first kappa shape index (κ1) is 46.5. The fourth-order valence-corrected chi connectivity index (χ4v) is 5.93. The van der Waals surface area contributed by atoms with Crippen LogP contribution in [0, 0.1) is 0 Å². The van der Waals surface area contributed by atoms with Crippen LogP contribution in [-0.4, -0.2) is 54.3 Å². The number of aliphatic hydroxyl groups is 1. The minimum absolute atomic E-state index is 0.0832. The van der Waals surface area contributed by atoms with Gasteiger partial charge in [-0.1, -0.05) is 141 Å². The molecule has 0 radical (unpaired) electrons. The maximum absolute atomic E-state index is 12.0. The number of carbonyl (C=O) groups is 2. The summed E-state index contributed by atoms with van der Waals surface area (Å²) in [6, 6.07) is 0. The lowest BCUT2D eigenvalue weighted by atomic mass is 10.1. The molecule has 0 spiro atoms. The highest BCUT2D eigenvalue weighted by Crippen LogP contribution is 2.42. The molecule has 2 atom stereocenters. The molecule has 3 N–H and O–H groups in total. The maximum atomic E-state index is 12.0. The average Bonchev–Trinajstić information content (AvgIpc) is 3.07. The van der Waals surface area contributed by atoms with Crippen molar-refractivity contribution in [1.29, 1.82) is 0 Å². The molecule has 1 amide bonds. The van der Waals surface area contributed by atoms with Gasteiger partial charge in [0.1, 0.15) is 12.7 Å². The van der Waals surface area contributed by atoms with E-state index in [0.717, 1.165) is 57.8 Å². The van der Waals surface area contributed by atoms with E-state index in [9.17, 15) is 24.2 Å². The molecular weight excluding hydrogens is 629 g/mol. The third-order valence-corrected chi connectivity index (χ3v) is 9.12. The minimum atomic E-state index is -4.41. The van der Waals surface area contributed by atoms with Crippen molar-refractivity contribution >= 4 is 19.7 Å². The number of nitrogens with one attached hydrogen (secondary N) is 1. The minimum Gasteiger partial charge on any atom is -0.463 e. The molecule has 0 aliphatic heterocycles. The van der Waals surface area contributed by atoms with Crippen LogP contribution in [0.4, 0.5) is 0 Å². The number of rotatable bonds is 36. The van der Waals surface area contributed by atoms with Crippen molar-refractivity contribution in [3.8, 4) is 0 Å². The first-order chi connectivity index (χ1) is 23.3. The molecule has 0 fully saturated rings. The van der Waals surface area contributed by atoms with E-state index in [1.54, 1.807) is 0 Å². The third-order valence-electron chi connectivity index (χ3n) is 8.13. The van der Waals surface area contributed by atoms with Crippen LogP contribution in [0.3, 0.4) is 0 Å². The van der Waals surface area contributed by atoms with E-state index in [0.29, 0.717) is 6.42 Å². The summed E-state index contributed by atoms with van der Waals surface area (Å²) in [5.74, 6) is -0.524. The van der Waals surface area contributed by atoms with Gasteiger partial charge in [-0.15, -0.1) is 0 Å². The topological polar surface area (TPSA) is 131 Å². The van der Waals surface area contributed by atoms with Gasteiger partial charge in [0, 0.05) is 19.4 Å². The van der Waals surface area contributed by atoms with Gasteiger partial charge in [0.05, 0.1) is 13.2 Å². The molecule has 0 saturated carbocycles. The molecule has 0 aliphatic rings. The van der Waals surface area contributed by atoms with E-state index in [1.807, 2.05) is 0 Å². The fraction of sp³-hybridized carbons (Fsp3) is 0.842. The molecule has 0 bridgehead atoms. The summed E-state index contributed by atoms with van der Waals surface area (Å²) in [6.45, 7) is 3.50. The molecule has 282 valence electrons. The van der Waals surface area contributed by atoms with Gasteiger partial charge in [0.25, 0.3) is 0 Å². The van der Waals surface area contributed by atoms with Crippen LogP contribution >= 0.6 is 7.82 Å². The molecule has 0 rings (SSSR count). The fourth-order valence-electron chi connectivity index (χ4n) is 5.17. The molecular formula is C38H72NO8P. The smallest absolute Gasteiger partial charge is 0.463 e. The first-order valence-electron chi connectivity index (χ1n) is 19.3. The van der Waals surface area contributed by atoms with Gasteiger partial charge in [0.15, 0.2) is 0 Å². The molecule has 9 nitrogen and oxygen atoms in total. The van der Waals surface area contributed by atoms with Gasteiger partial charge in [-0.2, -0.15) is 0 Å². The van der Waals surface area contributed by atoms with Crippen LogP contribution in [0.15, 0.2) is 24.3 Å². The summed E-state index contributed by atoms with van der Waals surface area (Å²) < 4.78 is 26.7. The molecule has 2 unspecified atom stereocenters. The third kappa shape index (κ3) is 35.8. The van der Waals surface area contributed by atoms with Gasteiger partial charge in [0.2, 0.25) is 5.91 Å². The van der Waals surface area contributed by atoms with E-state index < -0.39 is 26.5 Å². The lowest BCUT2D eigenvalue weighted by molar-refractivity contribution is -0.147. The van der Waals surface area contributed by atoms with Crippen molar-refractivity contribution in [2.24, 2.45) is 0 Å². The highest BCUT2D eigenvalue weighted by atomic mass is 31.2. The van der Waals surface area contributed by atoms with Gasteiger partial charge < -0.3 is 20.1 Å². The number of ether oxygens (including phenoxy) is 1. The summed E-state index contributed by atoms with van der Waals surface area (Å²) in [6.07, 6.45) is 35.3. The van der Waals surface area contributed by atoms with E-state index in [1.165, 1.54) is 89.9 Å². The Kier molecular flexibility index (Phi) is 34.2. The number of unbranched alkanes of at least 4 members (excludes halogenated alkanes) is 19. The van der Waals surface area contributed by atoms with Crippen molar-refractivity contribution in [3.63, 3.8) is 0 Å². The number of aliphatic hydroxyl groups excluding tert-OH is 1. The van der Waals surface area contributed by atoms with Crippen LogP contribution < -0.4 is 5.32 Å². The standard InChI is InChI=1S/C38H72NO8P/c1-3-5-7-9-11-13-15-16-17-18-19-20-21-23-25-27-29-31-38(42)45-34-36(40)35-47-48(43,44)46-33-32-39-37(41)30-28-26-24-22-14-12-10-8-6-4-2/h11,13,16-17,36,40H,3-10,12,14-15,18-35H2,1-2H3,(H,39,41)(H,43,44)/b13-11-,17-16-. The lowest BCUT2D eigenvalue weighted by Gasteiger charge is -2.15. The van der Waals surface area contributed by atoms with Crippen LogP contribution in [-0.2, 0) is 27.9 Å². The van der Waals surface area contributed by atoms with Gasteiger partial charge in [-0.05, 0) is 44.9 Å². The summed E-state index contributed by atoms with van der Waals surface area (Å²) in [5, 5.41) is 12.6. The van der Waals surface area contributed by atoms with E-state index >= 15 is 0 Å². The molecule has 0 aromatic heterocycles. The quantitative estimate of drug-likeness (QED) is 0.0255. The zero-order valence-corrected chi connectivity index (χ0v) is 31.6. The summed E-state index contributed by atoms with van der Waals surface area (Å²) >= 11 is 0. The van der Waals surface area contributed by atoms with Crippen molar-refractivity contribution in [3.05, 3.63) is 24.3 Å². The monoisotopic (exact) mass is 701 g/mol. The molecule has 0 saturated heterocycles. The second kappa shape index (κ2) is 35.3. The van der Waals surface area contributed by atoms with Crippen molar-refractivity contribution in [2.75, 3.05) is 26.4 Å². The highest BCUT2D eigenvalue weighted by molar-refractivity contribution is 7.47. The zero-order chi connectivity index (χ0) is 35.4. The Balaban J connectivity index is 3.63. The molecule has 0 aromatic rings. The molecule has 48 heavy (non-hydrogen) atoms. The normalized spacial score (nSPS) is 13.7. The Morgan fingerprint density at radius 3 is 1.71 bits per heavy atom. The molecule has 10 heteroatoms. The van der Waals surface area contributed by atoms with Crippen molar-refractivity contribution < 1.29 is 37.9 Å². The number of esters is 1. The molecule has 0 aromatic carbocycles. The predicted octanol–water partition coefficient (Wildman–Crippen LogP) is 10.0. The molecule has 0 aliphatic carbocycles. The summed E-state index contributed by atoms with van der Waals surface area (Å²) in [7, 11) is -4.41. The average molecular weight is 702 g/mol. The van der Waals surface area contributed by atoms with Crippen LogP contribution in [0.5, 0.6) is 0 Å². The van der Waals surface area contributed by atoms with Crippen LogP contribution in [0.25, 0.3) is 0 Å². The van der Waals surface area contributed by atoms with Gasteiger partial charge >= 0.3 is 13.8 Å². The number of amides is 1. The summed E-state index contributed by atoms with van der Waals surface area (Å²) in [4.78, 5) is 33.7. The number of hydrogen-bond acceptors (Lipinski definition) is 7. The van der Waals surface area contributed by atoms with Crippen LogP contribution in [0.1, 0.15) is 174 Å². The zero-order valence-electron chi connectivity index (χ0n) is 30.7. The number of allylic oxidation sites excluding steroid dienone is 4. The maximum Gasteiger partial charge on any atom is 0.472 e. The predicted molar refractivity (Wildman–Crippen MR) is 197 cm³/mol. The van der Waals surface area contributed by atoms with E-state index in [-0.39, 0.29) is 32.1 Å². The Bertz CT molecular complexity index is 851. The highest BCUT2D eigenvalue weighted by Gasteiger charge is 2.23. The lowest BCUT2D eigenvalue weighted by Crippen LogP contribution is -2.27. The van der Waals surface area contributed by atoms with Gasteiger partial charge in [-0.25, -0.2) is 4.57 Å². The Labute approximate surface area is 293 Å². The van der Waals surface area contributed by atoms with Gasteiger partial charge in [-0.3, -0.25) is 18.6 Å². The van der Waals surface area contributed by atoms with Crippen LogP contribution in [0.2, 0.25) is 0 Å². The number of hydrogen-bond donors (Lipinski definition) is 3.